The number of rotatable bonds is 5. The third-order valence-corrected chi connectivity index (χ3v) is 6.16. The van der Waals surface area contributed by atoms with Crippen molar-refractivity contribution < 1.29 is 23.7 Å². The van der Waals surface area contributed by atoms with Crippen LogP contribution < -0.4 is 4.90 Å². The highest BCUT2D eigenvalue weighted by molar-refractivity contribution is 8.27. The lowest BCUT2D eigenvalue weighted by molar-refractivity contribution is -0.384. The number of nitro benzene ring substituents is 1. The van der Waals surface area contributed by atoms with E-state index >= 15 is 0 Å². The third kappa shape index (κ3) is 4.30. The number of carbonyl (C=O) groups excluding carboxylic acids is 2. The van der Waals surface area contributed by atoms with Crippen LogP contribution in [0.4, 0.5) is 11.4 Å². The second-order valence-corrected chi connectivity index (χ2v) is 8.68. The SMILES string of the molecule is COC(=O)c1ccccc1N1C(=O)/C(=C\c2ccc(-c3ccc(C)cc3[N+](=O)[O-])o2)SC1=S. The molecule has 0 radical (unpaired) electrons. The maximum absolute atomic E-state index is 13.1. The van der Waals surface area contributed by atoms with Crippen LogP contribution in [0.25, 0.3) is 17.4 Å². The molecule has 0 N–H and O–H groups in total. The highest BCUT2D eigenvalue weighted by Crippen LogP contribution is 2.38. The minimum Gasteiger partial charge on any atom is -0.465 e. The number of amides is 1. The molecular formula is C23H16N2O6S2. The molecule has 0 aliphatic carbocycles. The zero-order valence-electron chi connectivity index (χ0n) is 17.4. The second-order valence-electron chi connectivity index (χ2n) is 7.01. The fraction of sp³-hybridized carbons (Fsp3) is 0.0870. The van der Waals surface area contributed by atoms with Crippen molar-refractivity contribution >= 4 is 57.6 Å². The summed E-state index contributed by atoms with van der Waals surface area (Å²) in [5.74, 6) is -0.360. The summed E-state index contributed by atoms with van der Waals surface area (Å²) in [6.45, 7) is 1.77. The van der Waals surface area contributed by atoms with Crippen LogP contribution in [0.15, 0.2) is 63.9 Å². The fourth-order valence-electron chi connectivity index (χ4n) is 3.33. The molecule has 1 aromatic heterocycles. The third-order valence-electron chi connectivity index (χ3n) is 4.86. The van der Waals surface area contributed by atoms with E-state index in [1.165, 1.54) is 24.2 Å². The Labute approximate surface area is 198 Å². The molecule has 1 aliphatic rings. The number of ether oxygens (including phenoxy) is 1. The lowest BCUT2D eigenvalue weighted by atomic mass is 10.1. The van der Waals surface area contributed by atoms with Gasteiger partial charge < -0.3 is 9.15 Å². The van der Waals surface area contributed by atoms with E-state index in [2.05, 4.69) is 0 Å². The van der Waals surface area contributed by atoms with Crippen molar-refractivity contribution in [2.24, 2.45) is 0 Å². The summed E-state index contributed by atoms with van der Waals surface area (Å²) in [5.41, 5.74) is 1.56. The van der Waals surface area contributed by atoms with Gasteiger partial charge in [-0.05, 0) is 42.8 Å². The number of methoxy groups -OCH3 is 1. The van der Waals surface area contributed by atoms with Gasteiger partial charge in [0.1, 0.15) is 11.5 Å². The maximum atomic E-state index is 13.1. The highest BCUT2D eigenvalue weighted by Gasteiger charge is 2.35. The fourth-order valence-corrected chi connectivity index (χ4v) is 4.60. The monoisotopic (exact) mass is 480 g/mol. The lowest BCUT2D eigenvalue weighted by Crippen LogP contribution is -2.29. The number of hydrogen-bond donors (Lipinski definition) is 0. The van der Waals surface area contributed by atoms with E-state index in [0.717, 1.165) is 17.3 Å². The molecule has 0 spiro atoms. The van der Waals surface area contributed by atoms with Gasteiger partial charge in [0.2, 0.25) is 0 Å². The Hall–Kier alpha value is -3.76. The van der Waals surface area contributed by atoms with E-state index in [0.29, 0.717) is 27.7 Å². The average Bonchev–Trinajstić information content (AvgIpc) is 3.37. The molecule has 10 heteroatoms. The van der Waals surface area contributed by atoms with Crippen molar-refractivity contribution in [3.8, 4) is 11.3 Å². The standard InChI is InChI=1S/C23H16N2O6S2/c1-13-7-9-15(18(11-13)25(28)29)19-10-8-14(31-19)12-20-21(26)24(23(32)33-20)17-6-4-3-5-16(17)22(27)30-2/h3-12H,1-2H3/b20-12+. The van der Waals surface area contributed by atoms with Crippen molar-refractivity contribution in [1.29, 1.82) is 0 Å². The number of thiocarbonyl (C=S) groups is 1. The molecule has 8 nitrogen and oxygen atoms in total. The van der Waals surface area contributed by atoms with Gasteiger partial charge in [0.25, 0.3) is 11.6 Å². The Bertz CT molecular complexity index is 1340. The maximum Gasteiger partial charge on any atom is 0.339 e. The number of carbonyl (C=O) groups is 2. The number of nitrogens with zero attached hydrogens (tertiary/aromatic N) is 2. The van der Waals surface area contributed by atoms with Crippen LogP contribution in [0.2, 0.25) is 0 Å². The van der Waals surface area contributed by atoms with Gasteiger partial charge in [-0.15, -0.1) is 0 Å². The zero-order chi connectivity index (χ0) is 23.7. The number of anilines is 1. The number of esters is 1. The first-order valence-corrected chi connectivity index (χ1v) is 10.8. The molecule has 1 fully saturated rings. The molecule has 1 saturated heterocycles. The molecule has 3 aromatic rings. The normalized spacial score (nSPS) is 14.7. The largest absolute Gasteiger partial charge is 0.465 e. The van der Waals surface area contributed by atoms with Crippen LogP contribution in [-0.4, -0.2) is 28.2 Å². The summed E-state index contributed by atoms with van der Waals surface area (Å²) in [6.07, 6.45) is 1.52. The molecule has 2 heterocycles. The van der Waals surface area contributed by atoms with Crippen LogP contribution in [0.5, 0.6) is 0 Å². The molecule has 2 aromatic carbocycles. The Morgan fingerprint density at radius 1 is 1.21 bits per heavy atom. The summed E-state index contributed by atoms with van der Waals surface area (Å²) in [6, 6.07) is 14.6. The lowest BCUT2D eigenvalue weighted by Gasteiger charge is -2.17. The molecule has 0 bridgehead atoms. The van der Waals surface area contributed by atoms with Crippen molar-refractivity contribution in [2.75, 3.05) is 12.0 Å². The minimum absolute atomic E-state index is 0.0679. The molecule has 1 aliphatic heterocycles. The van der Waals surface area contributed by atoms with Crippen LogP contribution in [0, 0.1) is 17.0 Å². The number of furan rings is 1. The number of nitro groups is 1. The van der Waals surface area contributed by atoms with Gasteiger partial charge in [-0.3, -0.25) is 19.8 Å². The van der Waals surface area contributed by atoms with E-state index < -0.39 is 16.8 Å². The quantitative estimate of drug-likeness (QED) is 0.158. The molecule has 0 atom stereocenters. The number of benzene rings is 2. The Balaban J connectivity index is 1.66. The van der Waals surface area contributed by atoms with E-state index in [1.807, 2.05) is 0 Å². The van der Waals surface area contributed by atoms with E-state index in [-0.39, 0.29) is 15.6 Å². The van der Waals surface area contributed by atoms with Gasteiger partial charge in [-0.1, -0.05) is 42.2 Å². The molecule has 4 rings (SSSR count). The van der Waals surface area contributed by atoms with Crippen molar-refractivity contribution in [2.45, 2.75) is 6.92 Å². The zero-order valence-corrected chi connectivity index (χ0v) is 19.1. The first-order chi connectivity index (χ1) is 15.8. The summed E-state index contributed by atoms with van der Waals surface area (Å²) < 4.78 is 10.8. The summed E-state index contributed by atoms with van der Waals surface area (Å²) in [7, 11) is 1.26. The molecule has 1 amide bonds. The molecule has 0 saturated carbocycles. The highest BCUT2D eigenvalue weighted by atomic mass is 32.2. The molecule has 33 heavy (non-hydrogen) atoms. The topological polar surface area (TPSA) is 103 Å². The first kappa shape index (κ1) is 22.4. The number of para-hydroxylation sites is 1. The van der Waals surface area contributed by atoms with Gasteiger partial charge in [-0.25, -0.2) is 4.79 Å². The summed E-state index contributed by atoms with van der Waals surface area (Å²) in [4.78, 5) is 37.8. The average molecular weight is 481 g/mol. The predicted octanol–water partition coefficient (Wildman–Crippen LogP) is 5.36. The molecule has 166 valence electrons. The van der Waals surface area contributed by atoms with Gasteiger partial charge >= 0.3 is 5.97 Å². The van der Waals surface area contributed by atoms with E-state index in [9.17, 15) is 19.7 Å². The van der Waals surface area contributed by atoms with Crippen molar-refractivity contribution in [3.05, 3.63) is 86.5 Å². The number of thioether (sulfide) groups is 1. The Kier molecular flexibility index (Phi) is 6.12. The Morgan fingerprint density at radius 3 is 2.70 bits per heavy atom. The van der Waals surface area contributed by atoms with Gasteiger partial charge in [0.15, 0.2) is 4.32 Å². The minimum atomic E-state index is -0.584. The number of hydrogen-bond acceptors (Lipinski definition) is 8. The van der Waals surface area contributed by atoms with Gasteiger partial charge in [0, 0.05) is 12.1 Å². The van der Waals surface area contributed by atoms with Crippen LogP contribution in [-0.2, 0) is 9.53 Å². The van der Waals surface area contributed by atoms with Crippen LogP contribution >= 0.6 is 24.0 Å². The van der Waals surface area contributed by atoms with Crippen molar-refractivity contribution in [3.63, 3.8) is 0 Å². The summed E-state index contributed by atoms with van der Waals surface area (Å²) >= 11 is 6.45. The molecular weight excluding hydrogens is 464 g/mol. The van der Waals surface area contributed by atoms with E-state index in [1.54, 1.807) is 55.5 Å². The van der Waals surface area contributed by atoms with Crippen LogP contribution in [0.3, 0.4) is 0 Å². The van der Waals surface area contributed by atoms with Crippen molar-refractivity contribution in [1.82, 2.24) is 0 Å². The predicted molar refractivity (Wildman–Crippen MR) is 129 cm³/mol. The van der Waals surface area contributed by atoms with E-state index in [4.69, 9.17) is 21.4 Å². The molecule has 0 unspecified atom stereocenters. The summed E-state index contributed by atoms with van der Waals surface area (Å²) in [5, 5.41) is 11.4. The number of aryl methyl sites for hydroxylation is 1. The smallest absolute Gasteiger partial charge is 0.339 e. The van der Waals surface area contributed by atoms with Gasteiger partial charge in [-0.2, -0.15) is 0 Å². The second kappa shape index (κ2) is 9.00. The Morgan fingerprint density at radius 2 is 1.97 bits per heavy atom. The first-order valence-electron chi connectivity index (χ1n) is 9.60. The van der Waals surface area contributed by atoms with Crippen LogP contribution in [0.1, 0.15) is 21.7 Å². The van der Waals surface area contributed by atoms with Gasteiger partial charge in [0.05, 0.1) is 33.8 Å².